The molecule has 2 rings (SSSR count). The molecule has 0 bridgehead atoms. The zero-order chi connectivity index (χ0) is 14.0. The third kappa shape index (κ3) is 2.64. The quantitative estimate of drug-likeness (QED) is 0.862. The van der Waals surface area contributed by atoms with Gasteiger partial charge in [0.2, 0.25) is 10.0 Å². The zero-order valence-corrected chi connectivity index (χ0v) is 11.5. The highest BCUT2D eigenvalue weighted by molar-refractivity contribution is 7.89. The molecule has 19 heavy (non-hydrogen) atoms. The maximum atomic E-state index is 12.5. The third-order valence-electron chi connectivity index (χ3n) is 3.26. The van der Waals surface area contributed by atoms with Crippen LogP contribution in [0.4, 0.5) is 0 Å². The number of nitrogens with zero attached hydrogens (tertiary/aromatic N) is 2. The molecule has 8 heteroatoms. The number of nitrogens with one attached hydrogen (secondary N) is 1. The summed E-state index contributed by atoms with van der Waals surface area (Å²) in [4.78, 5) is 10.9. The second kappa shape index (κ2) is 5.30. The van der Waals surface area contributed by atoms with E-state index in [1.807, 2.05) is 0 Å². The molecule has 106 valence electrons. The first-order valence-corrected chi connectivity index (χ1v) is 7.67. The van der Waals surface area contributed by atoms with Crippen LogP contribution in [0.1, 0.15) is 41.9 Å². The van der Waals surface area contributed by atoms with Crippen molar-refractivity contribution in [1.82, 2.24) is 14.5 Å². The molecular formula is C11H17N3O4S. The lowest BCUT2D eigenvalue weighted by atomic mass is 10.2. The summed E-state index contributed by atoms with van der Waals surface area (Å²) >= 11 is 0. The fraction of sp³-hybridized carbons (Fsp3) is 0.636. The summed E-state index contributed by atoms with van der Waals surface area (Å²) in [6.07, 6.45) is 3.61. The van der Waals surface area contributed by atoms with E-state index >= 15 is 0 Å². The van der Waals surface area contributed by atoms with Crippen LogP contribution in [0.25, 0.3) is 0 Å². The normalized spacial score (nSPS) is 18.2. The highest BCUT2D eigenvalue weighted by Gasteiger charge is 2.33. The van der Waals surface area contributed by atoms with Crippen LogP contribution in [0.3, 0.4) is 0 Å². The maximum absolute atomic E-state index is 12.5. The summed E-state index contributed by atoms with van der Waals surface area (Å²) in [6.45, 7) is 2.39. The molecule has 7 nitrogen and oxygen atoms in total. The predicted octanol–water partition coefficient (Wildman–Crippen LogP) is 0.981. The Kier molecular flexibility index (Phi) is 3.91. The Bertz CT molecular complexity index is 571. The van der Waals surface area contributed by atoms with Crippen LogP contribution in [0, 0.1) is 6.92 Å². The lowest BCUT2D eigenvalue weighted by Crippen LogP contribution is -2.33. The van der Waals surface area contributed by atoms with E-state index in [1.165, 1.54) is 11.2 Å². The number of carbonyl (C=O) groups is 1. The first-order chi connectivity index (χ1) is 8.94. The van der Waals surface area contributed by atoms with Crippen LogP contribution in [-0.4, -0.2) is 47.1 Å². The molecular weight excluding hydrogens is 270 g/mol. The average Bonchev–Trinajstić information content (AvgIpc) is 2.58. The minimum Gasteiger partial charge on any atom is -0.476 e. The fourth-order valence-corrected chi connectivity index (χ4v) is 4.10. The molecule has 1 aromatic rings. The number of aromatic amines is 1. The first kappa shape index (κ1) is 14.0. The minimum absolute atomic E-state index is 0.207. The lowest BCUT2D eigenvalue weighted by molar-refractivity contribution is 0.0686. The van der Waals surface area contributed by atoms with Crippen LogP contribution in [-0.2, 0) is 10.0 Å². The number of hydrogen-bond donors (Lipinski definition) is 2. The molecule has 1 aromatic heterocycles. The number of sulfonamides is 1. The van der Waals surface area contributed by atoms with E-state index in [9.17, 15) is 13.2 Å². The Morgan fingerprint density at radius 1 is 1.26 bits per heavy atom. The summed E-state index contributed by atoms with van der Waals surface area (Å²) < 4.78 is 26.5. The molecule has 1 aliphatic heterocycles. The molecule has 1 fully saturated rings. The molecule has 0 aliphatic carbocycles. The monoisotopic (exact) mass is 287 g/mol. The number of carboxylic acids is 1. The lowest BCUT2D eigenvalue weighted by Gasteiger charge is -2.19. The Morgan fingerprint density at radius 3 is 2.37 bits per heavy atom. The van der Waals surface area contributed by atoms with Crippen molar-refractivity contribution in [2.45, 2.75) is 37.5 Å². The van der Waals surface area contributed by atoms with Crippen molar-refractivity contribution in [2.24, 2.45) is 0 Å². The number of aryl methyl sites for hydroxylation is 1. The molecule has 0 spiro atoms. The molecule has 2 N–H and O–H groups in total. The summed E-state index contributed by atoms with van der Waals surface area (Å²) in [5.41, 5.74) is -0.164. The number of carboxylic acid groups (broad SMARTS) is 1. The number of aromatic carboxylic acids is 1. The second-order valence-electron chi connectivity index (χ2n) is 4.65. The van der Waals surface area contributed by atoms with Gasteiger partial charge in [-0.15, -0.1) is 0 Å². The molecule has 0 radical (unpaired) electrons. The van der Waals surface area contributed by atoms with Crippen molar-refractivity contribution < 1.29 is 18.3 Å². The van der Waals surface area contributed by atoms with Gasteiger partial charge < -0.3 is 5.11 Å². The molecule has 0 aromatic carbocycles. The van der Waals surface area contributed by atoms with Crippen LogP contribution in [0.2, 0.25) is 0 Å². The van der Waals surface area contributed by atoms with E-state index in [0.29, 0.717) is 13.1 Å². The van der Waals surface area contributed by atoms with Crippen molar-refractivity contribution in [3.63, 3.8) is 0 Å². The summed E-state index contributed by atoms with van der Waals surface area (Å²) in [7, 11) is -3.79. The van der Waals surface area contributed by atoms with Gasteiger partial charge in [0, 0.05) is 13.1 Å². The molecule has 0 saturated carbocycles. The third-order valence-corrected chi connectivity index (χ3v) is 5.32. The minimum atomic E-state index is -3.79. The van der Waals surface area contributed by atoms with E-state index in [2.05, 4.69) is 10.2 Å². The smallest absolute Gasteiger partial charge is 0.357 e. The van der Waals surface area contributed by atoms with Gasteiger partial charge in [-0.3, -0.25) is 5.10 Å². The Hall–Kier alpha value is -1.41. The Balaban J connectivity index is 2.43. The zero-order valence-electron chi connectivity index (χ0n) is 10.7. The molecule has 0 unspecified atom stereocenters. The van der Waals surface area contributed by atoms with Crippen LogP contribution < -0.4 is 0 Å². The van der Waals surface area contributed by atoms with Gasteiger partial charge >= 0.3 is 5.97 Å². The van der Waals surface area contributed by atoms with Crippen LogP contribution in [0.5, 0.6) is 0 Å². The van der Waals surface area contributed by atoms with E-state index in [4.69, 9.17) is 5.11 Å². The largest absolute Gasteiger partial charge is 0.476 e. The van der Waals surface area contributed by atoms with Crippen molar-refractivity contribution >= 4 is 16.0 Å². The van der Waals surface area contributed by atoms with E-state index in [-0.39, 0.29) is 10.6 Å². The second-order valence-corrected chi connectivity index (χ2v) is 6.52. The highest BCUT2D eigenvalue weighted by Crippen LogP contribution is 2.24. The van der Waals surface area contributed by atoms with Crippen molar-refractivity contribution in [3.8, 4) is 0 Å². The first-order valence-electron chi connectivity index (χ1n) is 6.23. The predicted molar refractivity (Wildman–Crippen MR) is 67.5 cm³/mol. The number of aromatic nitrogens is 2. The van der Waals surface area contributed by atoms with Gasteiger partial charge in [-0.05, 0) is 19.8 Å². The summed E-state index contributed by atoms with van der Waals surface area (Å²) in [6, 6.07) is 0. The number of rotatable bonds is 3. The van der Waals surface area contributed by atoms with Gasteiger partial charge in [-0.1, -0.05) is 12.8 Å². The van der Waals surface area contributed by atoms with Gasteiger partial charge in [0.25, 0.3) is 0 Å². The van der Waals surface area contributed by atoms with E-state index in [0.717, 1.165) is 25.7 Å². The highest BCUT2D eigenvalue weighted by atomic mass is 32.2. The molecule has 0 atom stereocenters. The Morgan fingerprint density at radius 2 is 1.84 bits per heavy atom. The van der Waals surface area contributed by atoms with E-state index in [1.54, 1.807) is 0 Å². The maximum Gasteiger partial charge on any atom is 0.357 e. The topological polar surface area (TPSA) is 103 Å². The summed E-state index contributed by atoms with van der Waals surface area (Å²) in [5, 5.41) is 15.0. The van der Waals surface area contributed by atoms with Crippen molar-refractivity contribution in [2.75, 3.05) is 13.1 Å². The van der Waals surface area contributed by atoms with Gasteiger partial charge in [0.05, 0.1) is 5.69 Å². The van der Waals surface area contributed by atoms with Gasteiger partial charge in [-0.25, -0.2) is 13.2 Å². The van der Waals surface area contributed by atoms with Gasteiger partial charge in [0.15, 0.2) is 5.69 Å². The Labute approximate surface area is 111 Å². The van der Waals surface area contributed by atoms with Crippen molar-refractivity contribution in [3.05, 3.63) is 11.4 Å². The number of hydrogen-bond acceptors (Lipinski definition) is 4. The van der Waals surface area contributed by atoms with Crippen LogP contribution >= 0.6 is 0 Å². The number of H-pyrrole nitrogens is 1. The average molecular weight is 287 g/mol. The standard InChI is InChI=1S/C11H17N3O4S/c1-8-10(9(11(15)16)13-12-8)19(17,18)14-6-4-2-3-5-7-14/h2-7H2,1H3,(H,12,13)(H,15,16). The molecule has 0 amide bonds. The van der Waals surface area contributed by atoms with Gasteiger partial charge in [-0.2, -0.15) is 9.40 Å². The molecule has 1 aliphatic rings. The fourth-order valence-electron chi connectivity index (χ4n) is 2.29. The van der Waals surface area contributed by atoms with Gasteiger partial charge in [0.1, 0.15) is 4.90 Å². The van der Waals surface area contributed by atoms with E-state index < -0.39 is 21.7 Å². The molecule has 2 heterocycles. The molecule has 1 saturated heterocycles. The SMILES string of the molecule is Cc1[nH]nc(C(=O)O)c1S(=O)(=O)N1CCCCCC1. The summed E-state index contributed by atoms with van der Waals surface area (Å²) in [5.74, 6) is -1.34. The van der Waals surface area contributed by atoms with Crippen molar-refractivity contribution in [1.29, 1.82) is 0 Å². The van der Waals surface area contributed by atoms with Crippen LogP contribution in [0.15, 0.2) is 4.90 Å².